The Morgan fingerprint density at radius 2 is 1.77 bits per heavy atom. The summed E-state index contributed by atoms with van der Waals surface area (Å²) in [4.78, 5) is 27.9. The van der Waals surface area contributed by atoms with Crippen LogP contribution < -0.4 is 0 Å². The van der Waals surface area contributed by atoms with Gasteiger partial charge in [-0.2, -0.15) is 0 Å². The van der Waals surface area contributed by atoms with Crippen LogP contribution in [0.15, 0.2) is 24.3 Å². The second-order valence-electron chi connectivity index (χ2n) is 5.99. The molecule has 22 heavy (non-hydrogen) atoms. The van der Waals surface area contributed by atoms with Crippen LogP contribution in [0, 0.1) is 5.92 Å². The van der Waals surface area contributed by atoms with E-state index in [4.69, 9.17) is 11.6 Å². The number of hydrogen-bond acceptors (Lipinski definition) is 2. The molecule has 1 heterocycles. The van der Waals surface area contributed by atoms with E-state index in [2.05, 4.69) is 0 Å². The molecule has 1 aromatic carbocycles. The van der Waals surface area contributed by atoms with E-state index in [1.165, 1.54) is 0 Å². The zero-order valence-electron chi connectivity index (χ0n) is 13.2. The molecule has 1 aromatic rings. The Morgan fingerprint density at radius 1 is 1.14 bits per heavy atom. The van der Waals surface area contributed by atoms with Gasteiger partial charge in [0.2, 0.25) is 11.8 Å². The van der Waals surface area contributed by atoms with E-state index in [-0.39, 0.29) is 17.7 Å². The molecule has 0 aliphatic carbocycles. The van der Waals surface area contributed by atoms with Gasteiger partial charge in [-0.1, -0.05) is 37.6 Å². The van der Waals surface area contributed by atoms with Crippen LogP contribution in [0.4, 0.5) is 0 Å². The van der Waals surface area contributed by atoms with Crippen molar-refractivity contribution in [3.05, 3.63) is 34.9 Å². The summed E-state index contributed by atoms with van der Waals surface area (Å²) in [6.07, 6.45) is 1.18. The van der Waals surface area contributed by atoms with Crippen molar-refractivity contribution in [2.45, 2.75) is 26.7 Å². The van der Waals surface area contributed by atoms with Gasteiger partial charge in [0.15, 0.2) is 0 Å². The monoisotopic (exact) mass is 322 g/mol. The molecule has 0 N–H and O–H groups in total. The molecule has 4 nitrogen and oxygen atoms in total. The lowest BCUT2D eigenvalue weighted by molar-refractivity contribution is -0.141. The lowest BCUT2D eigenvalue weighted by Crippen LogP contribution is -2.51. The molecular weight excluding hydrogens is 300 g/mol. The molecule has 0 unspecified atom stereocenters. The summed E-state index contributed by atoms with van der Waals surface area (Å²) in [5.74, 6) is 0.340. The molecule has 2 amide bonds. The Kier molecular flexibility index (Phi) is 5.83. The van der Waals surface area contributed by atoms with Crippen molar-refractivity contribution < 1.29 is 9.59 Å². The number of carbonyl (C=O) groups excluding carboxylic acids is 2. The molecule has 0 saturated carbocycles. The maximum absolute atomic E-state index is 12.3. The van der Waals surface area contributed by atoms with Crippen LogP contribution in [-0.2, 0) is 16.0 Å². The summed E-state index contributed by atoms with van der Waals surface area (Å²) < 4.78 is 0. The molecule has 0 radical (unpaired) electrons. The second kappa shape index (κ2) is 7.63. The Balaban J connectivity index is 1.79. The first-order valence-corrected chi connectivity index (χ1v) is 8.16. The maximum atomic E-state index is 12.3. The van der Waals surface area contributed by atoms with Crippen LogP contribution in [0.25, 0.3) is 0 Å². The summed E-state index contributed by atoms with van der Waals surface area (Å²) in [5, 5.41) is 0.700. The van der Waals surface area contributed by atoms with Gasteiger partial charge in [0, 0.05) is 43.5 Å². The average Bonchev–Trinajstić information content (AvgIpc) is 2.52. The van der Waals surface area contributed by atoms with E-state index in [1.54, 1.807) is 0 Å². The normalized spacial score (nSPS) is 15.3. The lowest BCUT2D eigenvalue weighted by Gasteiger charge is -2.35. The van der Waals surface area contributed by atoms with Crippen molar-refractivity contribution in [1.82, 2.24) is 9.80 Å². The van der Waals surface area contributed by atoms with E-state index in [0.717, 1.165) is 5.56 Å². The number of rotatable bonds is 4. The lowest BCUT2D eigenvalue weighted by atomic mass is 10.1. The molecule has 1 aliphatic heterocycles. The fraction of sp³-hybridized carbons (Fsp3) is 0.529. The summed E-state index contributed by atoms with van der Waals surface area (Å²) >= 11 is 5.95. The predicted octanol–water partition coefficient (Wildman–Crippen LogP) is 2.60. The highest BCUT2D eigenvalue weighted by Crippen LogP contribution is 2.14. The van der Waals surface area contributed by atoms with E-state index >= 15 is 0 Å². The predicted molar refractivity (Wildman–Crippen MR) is 87.8 cm³/mol. The Hall–Kier alpha value is -1.55. The van der Waals surface area contributed by atoms with Crippen molar-refractivity contribution in [1.29, 1.82) is 0 Å². The number of halogens is 1. The Labute approximate surface area is 137 Å². The Morgan fingerprint density at radius 3 is 2.36 bits per heavy atom. The summed E-state index contributed by atoms with van der Waals surface area (Å²) in [7, 11) is 0. The molecule has 0 atom stereocenters. The SMILES string of the molecule is CC(C)C(=O)N1CCN(C(=O)CCc2cccc(Cl)c2)CC1. The van der Waals surface area contributed by atoms with E-state index in [9.17, 15) is 9.59 Å². The van der Waals surface area contributed by atoms with Gasteiger partial charge in [-0.3, -0.25) is 9.59 Å². The third-order valence-corrected chi connectivity index (χ3v) is 4.19. The molecule has 5 heteroatoms. The smallest absolute Gasteiger partial charge is 0.225 e. The van der Waals surface area contributed by atoms with Gasteiger partial charge in [-0.15, -0.1) is 0 Å². The number of amides is 2. The number of piperazine rings is 1. The number of aryl methyl sites for hydroxylation is 1. The number of nitrogens with zero attached hydrogens (tertiary/aromatic N) is 2. The molecular formula is C17H23ClN2O2. The zero-order chi connectivity index (χ0) is 16.1. The standard InChI is InChI=1S/C17H23ClN2O2/c1-13(2)17(22)20-10-8-19(9-11-20)16(21)7-6-14-4-3-5-15(18)12-14/h3-5,12-13H,6-11H2,1-2H3. The van der Waals surface area contributed by atoms with Crippen LogP contribution in [0.1, 0.15) is 25.8 Å². The fourth-order valence-electron chi connectivity index (χ4n) is 2.64. The highest BCUT2D eigenvalue weighted by Gasteiger charge is 2.24. The minimum atomic E-state index is 0.0186. The first kappa shape index (κ1) is 16.8. The van der Waals surface area contributed by atoms with Gasteiger partial charge in [-0.25, -0.2) is 0 Å². The van der Waals surface area contributed by atoms with Gasteiger partial charge in [0.25, 0.3) is 0 Å². The third kappa shape index (κ3) is 4.47. The largest absolute Gasteiger partial charge is 0.339 e. The van der Waals surface area contributed by atoms with Crippen LogP contribution in [0.5, 0.6) is 0 Å². The van der Waals surface area contributed by atoms with Crippen molar-refractivity contribution in [3.63, 3.8) is 0 Å². The van der Waals surface area contributed by atoms with E-state index in [0.29, 0.717) is 44.0 Å². The second-order valence-corrected chi connectivity index (χ2v) is 6.43. The highest BCUT2D eigenvalue weighted by atomic mass is 35.5. The molecule has 1 fully saturated rings. The van der Waals surface area contributed by atoms with Crippen molar-refractivity contribution in [3.8, 4) is 0 Å². The first-order valence-electron chi connectivity index (χ1n) is 7.78. The summed E-state index contributed by atoms with van der Waals surface area (Å²) in [6, 6.07) is 7.61. The molecule has 1 saturated heterocycles. The molecule has 1 aliphatic rings. The van der Waals surface area contributed by atoms with Crippen molar-refractivity contribution in [2.75, 3.05) is 26.2 Å². The third-order valence-electron chi connectivity index (χ3n) is 3.95. The quantitative estimate of drug-likeness (QED) is 0.855. The molecule has 0 spiro atoms. The van der Waals surface area contributed by atoms with Gasteiger partial charge in [-0.05, 0) is 24.1 Å². The van der Waals surface area contributed by atoms with Gasteiger partial charge < -0.3 is 9.80 Å². The van der Waals surface area contributed by atoms with Gasteiger partial charge in [0.1, 0.15) is 0 Å². The van der Waals surface area contributed by atoms with E-state index in [1.807, 2.05) is 47.9 Å². The van der Waals surface area contributed by atoms with Crippen LogP contribution in [0.2, 0.25) is 5.02 Å². The molecule has 0 aromatic heterocycles. The van der Waals surface area contributed by atoms with Gasteiger partial charge in [0.05, 0.1) is 0 Å². The minimum Gasteiger partial charge on any atom is -0.339 e. The van der Waals surface area contributed by atoms with E-state index < -0.39 is 0 Å². The van der Waals surface area contributed by atoms with Crippen molar-refractivity contribution >= 4 is 23.4 Å². The maximum Gasteiger partial charge on any atom is 0.225 e. The molecule has 2 rings (SSSR count). The fourth-order valence-corrected chi connectivity index (χ4v) is 2.86. The molecule has 0 bridgehead atoms. The number of benzene rings is 1. The first-order chi connectivity index (χ1) is 10.5. The molecule has 120 valence electrons. The minimum absolute atomic E-state index is 0.0186. The van der Waals surface area contributed by atoms with Crippen molar-refractivity contribution in [2.24, 2.45) is 5.92 Å². The zero-order valence-corrected chi connectivity index (χ0v) is 14.0. The average molecular weight is 323 g/mol. The number of carbonyl (C=O) groups is 2. The summed E-state index contributed by atoms with van der Waals surface area (Å²) in [6.45, 7) is 6.36. The summed E-state index contributed by atoms with van der Waals surface area (Å²) in [5.41, 5.74) is 1.08. The van der Waals surface area contributed by atoms with Gasteiger partial charge >= 0.3 is 0 Å². The number of hydrogen-bond donors (Lipinski definition) is 0. The van der Waals surface area contributed by atoms with Crippen LogP contribution >= 0.6 is 11.6 Å². The Bertz CT molecular complexity index is 537. The van der Waals surface area contributed by atoms with Crippen LogP contribution in [-0.4, -0.2) is 47.8 Å². The highest BCUT2D eigenvalue weighted by molar-refractivity contribution is 6.30. The van der Waals surface area contributed by atoms with Crippen LogP contribution in [0.3, 0.4) is 0 Å². The topological polar surface area (TPSA) is 40.6 Å².